The summed E-state index contributed by atoms with van der Waals surface area (Å²) in [7, 11) is 1.38. The van der Waals surface area contributed by atoms with Crippen LogP contribution < -0.4 is 15.6 Å². The number of nitrogens with zero attached hydrogens (tertiary/aromatic N) is 4. The van der Waals surface area contributed by atoms with Crippen LogP contribution in [0, 0.1) is 5.82 Å². The molecule has 9 heteroatoms. The van der Waals surface area contributed by atoms with Gasteiger partial charge in [-0.25, -0.2) is 19.3 Å². The molecule has 8 nitrogen and oxygen atoms in total. The standard InChI is InChI=1S/C21H20FN5O3/c1-30-18-9-14(22)4-5-15(18)21(29)24-11-13-3-2-8-27-19(28)10-17(26-20(13)27)16-6-7-23-12-25-16/h4-7,9-10,12-13H,2-3,8,11H2,1H3,(H,24,29). The number of halogens is 1. The lowest BCUT2D eigenvalue weighted by Crippen LogP contribution is -2.36. The molecule has 0 radical (unpaired) electrons. The van der Waals surface area contributed by atoms with E-state index >= 15 is 0 Å². The third-order valence-corrected chi connectivity index (χ3v) is 5.10. The highest BCUT2D eigenvalue weighted by Gasteiger charge is 2.25. The molecule has 0 saturated carbocycles. The number of carbonyl (C=O) groups is 1. The Bertz CT molecular complexity index is 1130. The number of amides is 1. The van der Waals surface area contributed by atoms with Crippen molar-refractivity contribution in [2.75, 3.05) is 13.7 Å². The maximum absolute atomic E-state index is 13.4. The summed E-state index contributed by atoms with van der Waals surface area (Å²) in [5, 5.41) is 2.86. The molecule has 1 aliphatic rings. The van der Waals surface area contributed by atoms with Crippen LogP contribution >= 0.6 is 0 Å². The first-order chi connectivity index (χ1) is 14.6. The molecule has 4 rings (SSSR count). The first-order valence-electron chi connectivity index (χ1n) is 9.56. The van der Waals surface area contributed by atoms with Crippen LogP contribution in [-0.2, 0) is 6.54 Å². The summed E-state index contributed by atoms with van der Waals surface area (Å²) in [6, 6.07) is 6.92. The second-order valence-electron chi connectivity index (χ2n) is 6.98. The van der Waals surface area contributed by atoms with E-state index in [4.69, 9.17) is 4.74 Å². The number of rotatable bonds is 5. The van der Waals surface area contributed by atoms with Crippen LogP contribution in [0.2, 0.25) is 0 Å². The van der Waals surface area contributed by atoms with E-state index in [0.29, 0.717) is 30.3 Å². The maximum Gasteiger partial charge on any atom is 0.255 e. The van der Waals surface area contributed by atoms with Crippen LogP contribution in [-0.4, -0.2) is 39.1 Å². The number of nitrogens with one attached hydrogen (secondary N) is 1. The molecule has 1 amide bonds. The van der Waals surface area contributed by atoms with Gasteiger partial charge in [0.25, 0.3) is 11.5 Å². The van der Waals surface area contributed by atoms with Crippen molar-refractivity contribution in [2.24, 2.45) is 0 Å². The zero-order valence-electron chi connectivity index (χ0n) is 16.3. The molecule has 0 bridgehead atoms. The van der Waals surface area contributed by atoms with E-state index in [9.17, 15) is 14.0 Å². The Kier molecular flexibility index (Phi) is 5.51. The average molecular weight is 409 g/mol. The molecule has 2 aromatic heterocycles. The monoisotopic (exact) mass is 409 g/mol. The van der Waals surface area contributed by atoms with E-state index < -0.39 is 5.82 Å². The van der Waals surface area contributed by atoms with Gasteiger partial charge in [-0.2, -0.15) is 0 Å². The molecule has 0 spiro atoms. The summed E-state index contributed by atoms with van der Waals surface area (Å²) in [5.41, 5.74) is 1.14. The fourth-order valence-corrected chi connectivity index (χ4v) is 3.62. The molecular weight excluding hydrogens is 389 g/mol. The molecule has 154 valence electrons. The first kappa shape index (κ1) is 19.7. The van der Waals surface area contributed by atoms with E-state index in [0.717, 1.165) is 12.8 Å². The summed E-state index contributed by atoms with van der Waals surface area (Å²) in [4.78, 5) is 38.0. The molecule has 0 fully saturated rings. The van der Waals surface area contributed by atoms with Crippen LogP contribution in [0.1, 0.15) is 34.9 Å². The Hall–Kier alpha value is -3.62. The lowest BCUT2D eigenvalue weighted by molar-refractivity contribution is 0.0946. The van der Waals surface area contributed by atoms with Crippen LogP contribution in [0.25, 0.3) is 11.4 Å². The Morgan fingerprint density at radius 2 is 2.17 bits per heavy atom. The summed E-state index contributed by atoms with van der Waals surface area (Å²) in [6.07, 6.45) is 4.58. The predicted molar refractivity (Wildman–Crippen MR) is 107 cm³/mol. The number of carbonyl (C=O) groups excluding carboxylic acids is 1. The van der Waals surface area contributed by atoms with Crippen LogP contribution in [0.4, 0.5) is 4.39 Å². The van der Waals surface area contributed by atoms with Crippen LogP contribution in [0.5, 0.6) is 5.75 Å². The van der Waals surface area contributed by atoms with Crippen molar-refractivity contribution in [3.63, 3.8) is 0 Å². The fourth-order valence-electron chi connectivity index (χ4n) is 3.62. The SMILES string of the molecule is COc1cc(F)ccc1C(=O)NCC1CCCn2c1nc(-c1ccncn1)cc2=O. The Labute approximate surface area is 171 Å². The normalized spacial score (nSPS) is 15.3. The average Bonchev–Trinajstić information content (AvgIpc) is 2.78. The van der Waals surface area contributed by atoms with Gasteiger partial charge in [-0.15, -0.1) is 0 Å². The topological polar surface area (TPSA) is 99.0 Å². The smallest absolute Gasteiger partial charge is 0.255 e. The van der Waals surface area contributed by atoms with E-state index in [-0.39, 0.29) is 28.7 Å². The van der Waals surface area contributed by atoms with E-state index in [1.165, 1.54) is 37.7 Å². The van der Waals surface area contributed by atoms with Crippen LogP contribution in [0.15, 0.2) is 47.7 Å². The van der Waals surface area contributed by atoms with Gasteiger partial charge in [0.2, 0.25) is 0 Å². The lowest BCUT2D eigenvalue weighted by atomic mass is 9.97. The third-order valence-electron chi connectivity index (χ3n) is 5.10. The minimum absolute atomic E-state index is 0.136. The van der Waals surface area contributed by atoms with Gasteiger partial charge in [0.1, 0.15) is 23.7 Å². The van der Waals surface area contributed by atoms with Crippen molar-refractivity contribution in [1.82, 2.24) is 24.8 Å². The number of hydrogen-bond acceptors (Lipinski definition) is 6. The second-order valence-corrected chi connectivity index (χ2v) is 6.98. The van der Waals surface area contributed by atoms with Crippen LogP contribution in [0.3, 0.4) is 0 Å². The van der Waals surface area contributed by atoms with Crippen molar-refractivity contribution in [1.29, 1.82) is 0 Å². The summed E-state index contributed by atoms with van der Waals surface area (Å²) >= 11 is 0. The second kappa shape index (κ2) is 8.40. The Balaban J connectivity index is 1.58. The third kappa shape index (κ3) is 3.91. The van der Waals surface area contributed by atoms with Gasteiger partial charge in [-0.1, -0.05) is 0 Å². The van der Waals surface area contributed by atoms with E-state index in [1.54, 1.807) is 16.8 Å². The molecule has 30 heavy (non-hydrogen) atoms. The predicted octanol–water partition coefficient (Wildman–Crippen LogP) is 2.16. The van der Waals surface area contributed by atoms with Crippen molar-refractivity contribution in [3.8, 4) is 17.1 Å². The summed E-state index contributed by atoms with van der Waals surface area (Å²) in [6.45, 7) is 0.875. The quantitative estimate of drug-likeness (QED) is 0.693. The molecule has 0 aliphatic carbocycles. The molecule has 3 heterocycles. The minimum atomic E-state index is -0.481. The molecule has 1 aliphatic heterocycles. The number of ether oxygens (including phenoxy) is 1. The van der Waals surface area contributed by atoms with E-state index in [1.807, 2.05) is 0 Å². The van der Waals surface area contributed by atoms with Crippen molar-refractivity contribution in [3.05, 3.63) is 70.4 Å². The van der Waals surface area contributed by atoms with Gasteiger partial charge in [0.05, 0.1) is 24.1 Å². The minimum Gasteiger partial charge on any atom is -0.496 e. The molecular formula is C21H20FN5O3. The van der Waals surface area contributed by atoms with Gasteiger partial charge in [-0.05, 0) is 31.0 Å². The van der Waals surface area contributed by atoms with Gasteiger partial charge >= 0.3 is 0 Å². The Morgan fingerprint density at radius 1 is 1.30 bits per heavy atom. The number of methoxy groups -OCH3 is 1. The maximum atomic E-state index is 13.4. The largest absolute Gasteiger partial charge is 0.496 e. The van der Waals surface area contributed by atoms with E-state index in [2.05, 4.69) is 20.3 Å². The first-order valence-corrected chi connectivity index (χ1v) is 9.56. The molecule has 1 atom stereocenters. The zero-order chi connectivity index (χ0) is 21.1. The number of fused-ring (bicyclic) bond motifs is 1. The Morgan fingerprint density at radius 3 is 2.93 bits per heavy atom. The van der Waals surface area contributed by atoms with Crippen molar-refractivity contribution < 1.29 is 13.9 Å². The summed E-state index contributed by atoms with van der Waals surface area (Å²) < 4.78 is 20.1. The number of hydrogen-bond donors (Lipinski definition) is 1. The molecule has 1 N–H and O–H groups in total. The highest BCUT2D eigenvalue weighted by molar-refractivity contribution is 5.96. The molecule has 1 aromatic carbocycles. The van der Waals surface area contributed by atoms with Gasteiger partial charge in [0, 0.05) is 37.3 Å². The van der Waals surface area contributed by atoms with Gasteiger partial charge in [-0.3, -0.25) is 14.2 Å². The van der Waals surface area contributed by atoms with Gasteiger partial charge < -0.3 is 10.1 Å². The lowest BCUT2D eigenvalue weighted by Gasteiger charge is -2.26. The highest BCUT2D eigenvalue weighted by atomic mass is 19.1. The van der Waals surface area contributed by atoms with Crippen molar-refractivity contribution >= 4 is 5.91 Å². The molecule has 3 aromatic rings. The fraction of sp³-hybridized carbons (Fsp3) is 0.286. The number of aromatic nitrogens is 4. The summed E-state index contributed by atoms with van der Waals surface area (Å²) in [5.74, 6) is -0.210. The zero-order valence-corrected chi connectivity index (χ0v) is 16.3. The number of benzene rings is 1. The van der Waals surface area contributed by atoms with Gasteiger partial charge in [0.15, 0.2) is 0 Å². The van der Waals surface area contributed by atoms with Crippen molar-refractivity contribution in [2.45, 2.75) is 25.3 Å². The molecule has 0 saturated heterocycles. The molecule has 1 unspecified atom stereocenters. The highest BCUT2D eigenvalue weighted by Crippen LogP contribution is 2.26.